The molecule has 1 aromatic heterocycles. The molecule has 0 spiro atoms. The van der Waals surface area contributed by atoms with Crippen LogP contribution in [0.15, 0.2) is 41.8 Å². The third-order valence-corrected chi connectivity index (χ3v) is 5.67. The Morgan fingerprint density at radius 2 is 1.88 bits per heavy atom. The van der Waals surface area contributed by atoms with E-state index >= 15 is 0 Å². The molecule has 1 heterocycles. The van der Waals surface area contributed by atoms with E-state index in [0.29, 0.717) is 5.02 Å². The number of benzene rings is 1. The molecule has 1 fully saturated rings. The number of hydrogen-bond acceptors (Lipinski definition) is 3. The van der Waals surface area contributed by atoms with Crippen LogP contribution >= 0.6 is 22.9 Å². The predicted molar refractivity (Wildman–Crippen MR) is 101 cm³/mol. The van der Waals surface area contributed by atoms with E-state index in [2.05, 4.69) is 10.6 Å². The van der Waals surface area contributed by atoms with Crippen LogP contribution in [-0.4, -0.2) is 18.4 Å². The van der Waals surface area contributed by atoms with E-state index in [1.807, 2.05) is 41.8 Å². The molecule has 2 amide bonds. The molecular weight excluding hydrogens is 356 g/mol. The molecule has 1 atom stereocenters. The summed E-state index contributed by atoms with van der Waals surface area (Å²) < 4.78 is 0. The van der Waals surface area contributed by atoms with E-state index in [9.17, 15) is 9.59 Å². The molecule has 1 aromatic carbocycles. The Labute approximate surface area is 156 Å². The zero-order valence-electron chi connectivity index (χ0n) is 13.8. The molecule has 1 unspecified atom stereocenters. The summed E-state index contributed by atoms with van der Waals surface area (Å²) in [6.07, 6.45) is 4.05. The maximum absolute atomic E-state index is 12.4. The normalized spacial score (nSPS) is 15.7. The van der Waals surface area contributed by atoms with Crippen molar-refractivity contribution in [2.75, 3.05) is 6.54 Å². The Bertz CT molecular complexity index is 710. The molecule has 6 heteroatoms. The zero-order chi connectivity index (χ0) is 17.6. The lowest BCUT2D eigenvalue weighted by molar-refractivity contribution is -0.128. The molecule has 132 valence electrons. The van der Waals surface area contributed by atoms with Crippen molar-refractivity contribution in [2.45, 2.75) is 31.7 Å². The fourth-order valence-electron chi connectivity index (χ4n) is 3.14. The fourth-order valence-corrected chi connectivity index (χ4v) is 4.07. The first-order valence-corrected chi connectivity index (χ1v) is 9.75. The Balaban J connectivity index is 1.62. The number of halogens is 1. The van der Waals surface area contributed by atoms with Gasteiger partial charge in [0.05, 0.1) is 12.6 Å². The molecule has 3 rings (SSSR count). The summed E-state index contributed by atoms with van der Waals surface area (Å²) in [4.78, 5) is 25.5. The second-order valence-corrected chi connectivity index (χ2v) is 7.68. The SMILES string of the molecule is O=C(CNC(=O)C1CCCC1)NC(c1ccc(Cl)cc1)c1cccs1. The van der Waals surface area contributed by atoms with Crippen molar-refractivity contribution >= 4 is 34.8 Å². The van der Waals surface area contributed by atoms with Crippen LogP contribution < -0.4 is 10.6 Å². The van der Waals surface area contributed by atoms with Gasteiger partial charge in [-0.15, -0.1) is 11.3 Å². The second kappa shape index (κ2) is 8.50. The monoisotopic (exact) mass is 376 g/mol. The molecule has 2 aromatic rings. The van der Waals surface area contributed by atoms with E-state index in [1.165, 1.54) is 0 Å². The van der Waals surface area contributed by atoms with Crippen LogP contribution in [0, 0.1) is 5.92 Å². The largest absolute Gasteiger partial charge is 0.347 e. The van der Waals surface area contributed by atoms with Crippen molar-refractivity contribution in [1.29, 1.82) is 0 Å². The molecule has 2 N–H and O–H groups in total. The average molecular weight is 377 g/mol. The Hall–Kier alpha value is -1.85. The van der Waals surface area contributed by atoms with Gasteiger partial charge in [-0.05, 0) is 42.0 Å². The van der Waals surface area contributed by atoms with Gasteiger partial charge in [-0.25, -0.2) is 0 Å². The minimum atomic E-state index is -0.242. The van der Waals surface area contributed by atoms with Gasteiger partial charge in [-0.1, -0.05) is 42.6 Å². The molecular formula is C19H21ClN2O2S. The summed E-state index contributed by atoms with van der Waals surface area (Å²) in [6.45, 7) is 0.00476. The molecule has 0 radical (unpaired) electrons. The topological polar surface area (TPSA) is 58.2 Å². The van der Waals surface area contributed by atoms with E-state index in [1.54, 1.807) is 11.3 Å². The van der Waals surface area contributed by atoms with Crippen LogP contribution in [0.25, 0.3) is 0 Å². The van der Waals surface area contributed by atoms with Gasteiger partial charge in [0, 0.05) is 15.8 Å². The molecule has 0 bridgehead atoms. The quantitative estimate of drug-likeness (QED) is 0.802. The zero-order valence-corrected chi connectivity index (χ0v) is 15.4. The Kier molecular flexibility index (Phi) is 6.10. The van der Waals surface area contributed by atoms with E-state index in [0.717, 1.165) is 36.1 Å². The summed E-state index contributed by atoms with van der Waals surface area (Å²) in [5.74, 6) is -0.135. The van der Waals surface area contributed by atoms with E-state index in [4.69, 9.17) is 11.6 Å². The lowest BCUT2D eigenvalue weighted by atomic mass is 10.1. The summed E-state index contributed by atoms with van der Waals surface area (Å²) >= 11 is 7.54. The highest BCUT2D eigenvalue weighted by molar-refractivity contribution is 7.10. The van der Waals surface area contributed by atoms with Crippen LogP contribution in [0.4, 0.5) is 0 Å². The standard InChI is InChI=1S/C19H21ClN2O2S/c20-15-9-7-13(8-10-15)18(16-6-3-11-25-16)22-17(23)12-21-19(24)14-4-1-2-5-14/h3,6-11,14,18H,1-2,4-5,12H2,(H,21,24)(H,22,23). The van der Waals surface area contributed by atoms with Crippen molar-refractivity contribution in [2.24, 2.45) is 5.92 Å². The van der Waals surface area contributed by atoms with Crippen LogP contribution in [0.1, 0.15) is 42.2 Å². The summed E-state index contributed by atoms with van der Waals surface area (Å²) in [5, 5.41) is 8.42. The number of carbonyl (C=O) groups excluding carboxylic acids is 2. The lowest BCUT2D eigenvalue weighted by Gasteiger charge is -2.19. The number of thiophene rings is 1. The van der Waals surface area contributed by atoms with Crippen LogP contribution in [-0.2, 0) is 9.59 Å². The molecule has 4 nitrogen and oxygen atoms in total. The summed E-state index contributed by atoms with van der Waals surface area (Å²) in [6, 6.07) is 11.1. The molecule has 0 aliphatic heterocycles. The number of carbonyl (C=O) groups is 2. The first kappa shape index (κ1) is 18.0. The van der Waals surface area contributed by atoms with Crippen LogP contribution in [0.5, 0.6) is 0 Å². The lowest BCUT2D eigenvalue weighted by Crippen LogP contribution is -2.40. The van der Waals surface area contributed by atoms with Gasteiger partial charge in [0.25, 0.3) is 0 Å². The van der Waals surface area contributed by atoms with Gasteiger partial charge in [0.2, 0.25) is 11.8 Å². The Morgan fingerprint density at radius 3 is 2.52 bits per heavy atom. The van der Waals surface area contributed by atoms with Crippen molar-refractivity contribution in [1.82, 2.24) is 10.6 Å². The van der Waals surface area contributed by atoms with Gasteiger partial charge in [0.15, 0.2) is 0 Å². The smallest absolute Gasteiger partial charge is 0.240 e. The fraction of sp³-hybridized carbons (Fsp3) is 0.368. The third kappa shape index (κ3) is 4.83. The maximum atomic E-state index is 12.4. The summed E-state index contributed by atoms with van der Waals surface area (Å²) in [5.41, 5.74) is 0.960. The minimum Gasteiger partial charge on any atom is -0.347 e. The van der Waals surface area contributed by atoms with Gasteiger partial charge < -0.3 is 10.6 Å². The first-order valence-electron chi connectivity index (χ1n) is 8.49. The molecule has 25 heavy (non-hydrogen) atoms. The first-order chi connectivity index (χ1) is 12.1. The van der Waals surface area contributed by atoms with E-state index < -0.39 is 0 Å². The number of amides is 2. The number of rotatable bonds is 6. The molecule has 1 saturated carbocycles. The highest BCUT2D eigenvalue weighted by atomic mass is 35.5. The van der Waals surface area contributed by atoms with Gasteiger partial charge in [0.1, 0.15) is 0 Å². The maximum Gasteiger partial charge on any atom is 0.240 e. The van der Waals surface area contributed by atoms with Crippen molar-refractivity contribution in [3.05, 3.63) is 57.2 Å². The van der Waals surface area contributed by atoms with E-state index in [-0.39, 0.29) is 30.3 Å². The van der Waals surface area contributed by atoms with Gasteiger partial charge >= 0.3 is 0 Å². The predicted octanol–water partition coefficient (Wildman–Crippen LogP) is 3.91. The van der Waals surface area contributed by atoms with Crippen molar-refractivity contribution < 1.29 is 9.59 Å². The molecule has 0 saturated heterocycles. The average Bonchev–Trinajstić information content (AvgIpc) is 3.31. The van der Waals surface area contributed by atoms with Crippen molar-refractivity contribution in [3.63, 3.8) is 0 Å². The third-order valence-electron chi connectivity index (χ3n) is 4.49. The minimum absolute atomic E-state index is 0.00476. The summed E-state index contributed by atoms with van der Waals surface area (Å²) in [7, 11) is 0. The van der Waals surface area contributed by atoms with Crippen LogP contribution in [0.2, 0.25) is 5.02 Å². The molecule has 1 aliphatic rings. The number of hydrogen-bond donors (Lipinski definition) is 2. The van der Waals surface area contributed by atoms with Crippen LogP contribution in [0.3, 0.4) is 0 Å². The van der Waals surface area contributed by atoms with Gasteiger partial charge in [-0.3, -0.25) is 9.59 Å². The molecule has 1 aliphatic carbocycles. The second-order valence-electron chi connectivity index (χ2n) is 6.27. The highest BCUT2D eigenvalue weighted by Gasteiger charge is 2.23. The Morgan fingerprint density at radius 1 is 1.16 bits per heavy atom. The van der Waals surface area contributed by atoms with Gasteiger partial charge in [-0.2, -0.15) is 0 Å². The highest BCUT2D eigenvalue weighted by Crippen LogP contribution is 2.27. The van der Waals surface area contributed by atoms with Crippen molar-refractivity contribution in [3.8, 4) is 0 Å². The number of nitrogens with one attached hydrogen (secondary N) is 2.